The van der Waals surface area contributed by atoms with Gasteiger partial charge >= 0.3 is 0 Å². The zero-order valence-corrected chi connectivity index (χ0v) is 11.8. The predicted molar refractivity (Wildman–Crippen MR) is 78.4 cm³/mol. The number of rotatable bonds is 8. The van der Waals surface area contributed by atoms with Crippen LogP contribution < -0.4 is 10.6 Å². The first-order valence-corrected chi connectivity index (χ1v) is 6.90. The molecule has 0 heterocycles. The summed E-state index contributed by atoms with van der Waals surface area (Å²) in [4.78, 5) is 11.7. The van der Waals surface area contributed by atoms with Crippen molar-refractivity contribution in [3.05, 3.63) is 29.8 Å². The van der Waals surface area contributed by atoms with Gasteiger partial charge in [-0.3, -0.25) is 4.79 Å². The molecule has 0 saturated carbocycles. The van der Waals surface area contributed by atoms with E-state index in [1.54, 1.807) is 6.07 Å². The van der Waals surface area contributed by atoms with Crippen molar-refractivity contribution in [1.82, 2.24) is 5.32 Å². The third kappa shape index (κ3) is 5.75. The largest absolute Gasteiger partial charge is 0.395 e. The van der Waals surface area contributed by atoms with Crippen molar-refractivity contribution in [2.75, 3.05) is 25.0 Å². The summed E-state index contributed by atoms with van der Waals surface area (Å²) >= 11 is 0. The number of amides is 1. The number of benzene rings is 1. The fraction of sp³-hybridized carbons (Fsp3) is 0.533. The molecule has 0 aliphatic carbocycles. The summed E-state index contributed by atoms with van der Waals surface area (Å²) in [6.45, 7) is 5.55. The molecule has 1 unspecified atom stereocenters. The maximum Gasteiger partial charge on any atom is 0.251 e. The van der Waals surface area contributed by atoms with Crippen LogP contribution in [0.3, 0.4) is 0 Å². The van der Waals surface area contributed by atoms with Gasteiger partial charge in [0.2, 0.25) is 0 Å². The first-order chi connectivity index (χ1) is 9.17. The van der Waals surface area contributed by atoms with Gasteiger partial charge in [0.1, 0.15) is 0 Å². The van der Waals surface area contributed by atoms with Crippen LogP contribution in [0.4, 0.5) is 5.69 Å². The zero-order valence-electron chi connectivity index (χ0n) is 11.8. The lowest BCUT2D eigenvalue weighted by Crippen LogP contribution is -2.26. The van der Waals surface area contributed by atoms with Crippen LogP contribution in [0.1, 0.15) is 37.0 Å². The lowest BCUT2D eigenvalue weighted by atomic mass is 10.1. The Labute approximate surface area is 115 Å². The van der Waals surface area contributed by atoms with E-state index in [1.165, 1.54) is 12.8 Å². The molecule has 1 atom stereocenters. The molecule has 0 aliphatic rings. The van der Waals surface area contributed by atoms with Crippen LogP contribution in [-0.2, 0) is 0 Å². The fourth-order valence-corrected chi connectivity index (χ4v) is 1.93. The molecule has 0 spiro atoms. The third-order valence-electron chi connectivity index (χ3n) is 2.96. The van der Waals surface area contributed by atoms with E-state index >= 15 is 0 Å². The normalized spacial score (nSPS) is 11.9. The number of hydrogen-bond acceptors (Lipinski definition) is 3. The summed E-state index contributed by atoms with van der Waals surface area (Å²) in [7, 11) is 0. The van der Waals surface area contributed by atoms with Crippen LogP contribution in [0.25, 0.3) is 0 Å². The molecule has 106 valence electrons. The Bertz CT molecular complexity index is 393. The smallest absolute Gasteiger partial charge is 0.251 e. The van der Waals surface area contributed by atoms with Gasteiger partial charge in [0.25, 0.3) is 5.91 Å². The number of aliphatic hydroxyl groups is 1. The van der Waals surface area contributed by atoms with Crippen molar-refractivity contribution in [2.45, 2.75) is 26.7 Å². The summed E-state index contributed by atoms with van der Waals surface area (Å²) in [5, 5.41) is 14.7. The van der Waals surface area contributed by atoms with Crippen molar-refractivity contribution >= 4 is 11.6 Å². The lowest BCUT2D eigenvalue weighted by Gasteiger charge is -2.13. The summed E-state index contributed by atoms with van der Waals surface area (Å²) in [5.74, 6) is 0.469. The van der Waals surface area contributed by atoms with Crippen molar-refractivity contribution < 1.29 is 9.90 Å². The number of nitrogens with one attached hydrogen (secondary N) is 2. The average molecular weight is 264 g/mol. The molecule has 4 nitrogen and oxygen atoms in total. The Hall–Kier alpha value is -1.55. The van der Waals surface area contributed by atoms with E-state index in [9.17, 15) is 4.79 Å². The van der Waals surface area contributed by atoms with Crippen molar-refractivity contribution in [2.24, 2.45) is 5.92 Å². The van der Waals surface area contributed by atoms with E-state index in [0.717, 1.165) is 12.2 Å². The quantitative estimate of drug-likeness (QED) is 0.675. The van der Waals surface area contributed by atoms with Gasteiger partial charge in [0, 0.05) is 24.3 Å². The van der Waals surface area contributed by atoms with Gasteiger partial charge in [0.05, 0.1) is 6.61 Å². The van der Waals surface area contributed by atoms with Crippen LogP contribution in [0.5, 0.6) is 0 Å². The third-order valence-corrected chi connectivity index (χ3v) is 2.96. The highest BCUT2D eigenvalue weighted by molar-refractivity contribution is 5.95. The summed E-state index contributed by atoms with van der Waals surface area (Å²) in [5.41, 5.74) is 1.57. The first-order valence-electron chi connectivity index (χ1n) is 6.90. The molecular formula is C15H24N2O2. The van der Waals surface area contributed by atoms with Crippen molar-refractivity contribution in [3.63, 3.8) is 0 Å². The summed E-state index contributed by atoms with van der Waals surface area (Å²) in [6.07, 6.45) is 2.39. The van der Waals surface area contributed by atoms with Gasteiger partial charge in [-0.25, -0.2) is 0 Å². The molecule has 1 amide bonds. The van der Waals surface area contributed by atoms with Crippen LogP contribution in [0, 0.1) is 5.92 Å². The maximum absolute atomic E-state index is 11.7. The highest BCUT2D eigenvalue weighted by atomic mass is 16.3. The minimum Gasteiger partial charge on any atom is -0.395 e. The molecular weight excluding hydrogens is 240 g/mol. The van der Waals surface area contributed by atoms with Crippen LogP contribution in [-0.4, -0.2) is 30.7 Å². The van der Waals surface area contributed by atoms with E-state index in [0.29, 0.717) is 11.5 Å². The fourth-order valence-electron chi connectivity index (χ4n) is 1.93. The van der Waals surface area contributed by atoms with Crippen LogP contribution in [0.2, 0.25) is 0 Å². The Morgan fingerprint density at radius 3 is 2.89 bits per heavy atom. The molecule has 0 aromatic heterocycles. The molecule has 0 aliphatic heterocycles. The zero-order chi connectivity index (χ0) is 14.1. The van der Waals surface area contributed by atoms with Gasteiger partial charge < -0.3 is 15.7 Å². The SMILES string of the molecule is CCCC(C)CNc1cccc(C(=O)NCCO)c1. The lowest BCUT2D eigenvalue weighted by molar-refractivity contribution is 0.0945. The predicted octanol–water partition coefficient (Wildman–Crippen LogP) is 2.26. The van der Waals surface area contributed by atoms with E-state index < -0.39 is 0 Å². The molecule has 3 N–H and O–H groups in total. The molecule has 0 bridgehead atoms. The highest BCUT2D eigenvalue weighted by Crippen LogP contribution is 2.12. The minimum atomic E-state index is -0.153. The van der Waals surface area contributed by atoms with Crippen LogP contribution >= 0.6 is 0 Å². The number of aliphatic hydroxyl groups excluding tert-OH is 1. The number of carbonyl (C=O) groups excluding carboxylic acids is 1. The van der Waals surface area contributed by atoms with E-state index in [1.807, 2.05) is 18.2 Å². The van der Waals surface area contributed by atoms with Crippen LogP contribution in [0.15, 0.2) is 24.3 Å². The highest BCUT2D eigenvalue weighted by Gasteiger charge is 2.06. The first kappa shape index (κ1) is 15.5. The summed E-state index contributed by atoms with van der Waals surface area (Å²) < 4.78 is 0. The second-order valence-corrected chi connectivity index (χ2v) is 4.84. The van der Waals surface area contributed by atoms with Gasteiger partial charge in [-0.2, -0.15) is 0 Å². The average Bonchev–Trinajstić information content (AvgIpc) is 2.43. The molecule has 19 heavy (non-hydrogen) atoms. The Kier molecular flexibility index (Phi) is 6.97. The van der Waals surface area contributed by atoms with Gasteiger partial charge in [-0.1, -0.05) is 26.3 Å². The Morgan fingerprint density at radius 1 is 1.42 bits per heavy atom. The van der Waals surface area contributed by atoms with Crippen molar-refractivity contribution in [3.8, 4) is 0 Å². The molecule has 0 saturated heterocycles. The van der Waals surface area contributed by atoms with Gasteiger partial charge in [0.15, 0.2) is 0 Å². The van der Waals surface area contributed by atoms with E-state index in [-0.39, 0.29) is 19.1 Å². The summed E-state index contributed by atoms with van der Waals surface area (Å²) in [6, 6.07) is 7.43. The number of carbonyl (C=O) groups is 1. The van der Waals surface area contributed by atoms with Crippen molar-refractivity contribution in [1.29, 1.82) is 0 Å². The second-order valence-electron chi connectivity index (χ2n) is 4.84. The van der Waals surface area contributed by atoms with E-state index in [2.05, 4.69) is 24.5 Å². The molecule has 4 heteroatoms. The molecule has 1 rings (SSSR count). The molecule has 1 aromatic carbocycles. The number of anilines is 1. The standard InChI is InChI=1S/C15H24N2O2/c1-3-5-12(2)11-17-14-7-4-6-13(10-14)15(19)16-8-9-18/h4,6-7,10,12,17-18H,3,5,8-9,11H2,1-2H3,(H,16,19). The van der Waals surface area contributed by atoms with Gasteiger partial charge in [-0.15, -0.1) is 0 Å². The Morgan fingerprint density at radius 2 is 2.21 bits per heavy atom. The molecule has 1 aromatic rings. The van der Waals surface area contributed by atoms with E-state index in [4.69, 9.17) is 5.11 Å². The van der Waals surface area contributed by atoms with Gasteiger partial charge in [-0.05, 0) is 30.5 Å². The topological polar surface area (TPSA) is 61.4 Å². The number of hydrogen-bond donors (Lipinski definition) is 3. The maximum atomic E-state index is 11.7. The Balaban J connectivity index is 2.54. The minimum absolute atomic E-state index is 0.0434. The molecule has 0 fully saturated rings. The molecule has 0 radical (unpaired) electrons. The second kappa shape index (κ2) is 8.53. The monoisotopic (exact) mass is 264 g/mol.